The highest BCUT2D eigenvalue weighted by Crippen LogP contribution is 2.18. The molecular formula is C15H23ClN2O. The summed E-state index contributed by atoms with van der Waals surface area (Å²) in [4.78, 5) is 14.3. The van der Waals surface area contributed by atoms with Gasteiger partial charge in [0.1, 0.15) is 0 Å². The second-order valence-corrected chi connectivity index (χ2v) is 5.86. The monoisotopic (exact) mass is 282 g/mol. The van der Waals surface area contributed by atoms with Gasteiger partial charge in [-0.3, -0.25) is 4.79 Å². The molecule has 0 saturated heterocycles. The number of halogens is 1. The molecule has 106 valence electrons. The third kappa shape index (κ3) is 4.22. The van der Waals surface area contributed by atoms with Gasteiger partial charge in [0.15, 0.2) is 0 Å². The van der Waals surface area contributed by atoms with Crippen molar-refractivity contribution in [1.82, 2.24) is 4.90 Å². The fraction of sp³-hybridized carbons (Fsp3) is 0.533. The molecule has 0 bridgehead atoms. The first-order valence-corrected chi connectivity index (χ1v) is 7.00. The van der Waals surface area contributed by atoms with E-state index in [9.17, 15) is 4.79 Å². The van der Waals surface area contributed by atoms with E-state index in [4.69, 9.17) is 17.3 Å². The summed E-state index contributed by atoms with van der Waals surface area (Å²) in [6, 6.07) is 7.66. The van der Waals surface area contributed by atoms with Crippen molar-refractivity contribution in [2.75, 3.05) is 0 Å². The second-order valence-electron chi connectivity index (χ2n) is 5.43. The summed E-state index contributed by atoms with van der Waals surface area (Å²) in [6.07, 6.45) is 0.616. The minimum atomic E-state index is -0.817. The predicted molar refractivity (Wildman–Crippen MR) is 80.0 cm³/mol. The number of hydrogen-bond acceptors (Lipinski definition) is 2. The standard InChI is InChI=1S/C15H23ClN2O/c1-5-15(4,17)14(19)18(11(2)3)10-12-7-6-8-13(16)9-12/h6-9,11H,5,10,17H2,1-4H3. The molecule has 0 aliphatic carbocycles. The Bertz CT molecular complexity index is 444. The lowest BCUT2D eigenvalue weighted by molar-refractivity contribution is -0.139. The zero-order valence-corrected chi connectivity index (χ0v) is 12.9. The fourth-order valence-electron chi connectivity index (χ4n) is 1.80. The first-order chi connectivity index (χ1) is 8.77. The van der Waals surface area contributed by atoms with Crippen molar-refractivity contribution in [3.05, 3.63) is 34.9 Å². The highest BCUT2D eigenvalue weighted by Gasteiger charge is 2.32. The van der Waals surface area contributed by atoms with E-state index in [1.807, 2.05) is 45.0 Å². The smallest absolute Gasteiger partial charge is 0.242 e. The minimum absolute atomic E-state index is 0.0232. The number of benzene rings is 1. The second kappa shape index (κ2) is 6.40. The topological polar surface area (TPSA) is 46.3 Å². The average molecular weight is 283 g/mol. The molecule has 0 fully saturated rings. The average Bonchev–Trinajstić information content (AvgIpc) is 2.35. The number of rotatable bonds is 5. The number of nitrogens with zero attached hydrogens (tertiary/aromatic N) is 1. The molecule has 1 aromatic rings. The molecule has 1 rings (SSSR count). The molecule has 0 heterocycles. The fourth-order valence-corrected chi connectivity index (χ4v) is 2.01. The van der Waals surface area contributed by atoms with E-state index in [1.54, 1.807) is 11.8 Å². The van der Waals surface area contributed by atoms with Crippen LogP contribution in [0.2, 0.25) is 5.02 Å². The molecule has 0 aliphatic heterocycles. The van der Waals surface area contributed by atoms with Gasteiger partial charge < -0.3 is 10.6 Å². The van der Waals surface area contributed by atoms with E-state index in [0.717, 1.165) is 5.56 Å². The van der Waals surface area contributed by atoms with Crippen LogP contribution < -0.4 is 5.73 Å². The van der Waals surface area contributed by atoms with Gasteiger partial charge in [-0.15, -0.1) is 0 Å². The minimum Gasteiger partial charge on any atom is -0.334 e. The summed E-state index contributed by atoms with van der Waals surface area (Å²) in [5, 5.41) is 0.680. The van der Waals surface area contributed by atoms with Crippen molar-refractivity contribution in [2.45, 2.75) is 52.2 Å². The Morgan fingerprint density at radius 3 is 2.58 bits per heavy atom. The number of hydrogen-bond donors (Lipinski definition) is 1. The van der Waals surface area contributed by atoms with Crippen LogP contribution in [0.5, 0.6) is 0 Å². The summed E-state index contributed by atoms with van der Waals surface area (Å²) < 4.78 is 0. The zero-order valence-electron chi connectivity index (χ0n) is 12.1. The van der Waals surface area contributed by atoms with E-state index >= 15 is 0 Å². The molecule has 4 heteroatoms. The summed E-state index contributed by atoms with van der Waals surface area (Å²) >= 11 is 5.98. The van der Waals surface area contributed by atoms with Crippen LogP contribution in [0.3, 0.4) is 0 Å². The number of carbonyl (C=O) groups excluding carboxylic acids is 1. The lowest BCUT2D eigenvalue weighted by atomic mass is 9.97. The Labute approximate surface area is 120 Å². The molecule has 0 radical (unpaired) electrons. The predicted octanol–water partition coefficient (Wildman–Crippen LogP) is 3.20. The van der Waals surface area contributed by atoms with Crippen LogP contribution in [0.4, 0.5) is 0 Å². The molecule has 3 nitrogen and oxygen atoms in total. The molecule has 0 aliphatic rings. The first-order valence-electron chi connectivity index (χ1n) is 6.62. The van der Waals surface area contributed by atoms with Gasteiger partial charge >= 0.3 is 0 Å². The van der Waals surface area contributed by atoms with E-state index in [2.05, 4.69) is 0 Å². The quantitative estimate of drug-likeness (QED) is 0.901. The van der Waals surface area contributed by atoms with Crippen LogP contribution in [-0.4, -0.2) is 22.4 Å². The van der Waals surface area contributed by atoms with Crippen molar-refractivity contribution in [1.29, 1.82) is 0 Å². The molecule has 1 amide bonds. The number of nitrogens with two attached hydrogens (primary N) is 1. The SMILES string of the molecule is CCC(C)(N)C(=O)N(Cc1cccc(Cl)c1)C(C)C. The third-order valence-corrected chi connectivity index (χ3v) is 3.58. The maximum absolute atomic E-state index is 12.5. The molecule has 19 heavy (non-hydrogen) atoms. The summed E-state index contributed by atoms with van der Waals surface area (Å²) in [7, 11) is 0. The Kier molecular flexibility index (Phi) is 5.39. The van der Waals surface area contributed by atoms with Crippen LogP contribution in [0.15, 0.2) is 24.3 Å². The van der Waals surface area contributed by atoms with E-state index in [0.29, 0.717) is 18.0 Å². The normalized spacial score (nSPS) is 14.3. The van der Waals surface area contributed by atoms with Gasteiger partial charge in [0.05, 0.1) is 5.54 Å². The number of amides is 1. The Morgan fingerprint density at radius 2 is 2.11 bits per heavy atom. The van der Waals surface area contributed by atoms with Crippen molar-refractivity contribution < 1.29 is 4.79 Å². The van der Waals surface area contributed by atoms with Crippen LogP contribution in [0.25, 0.3) is 0 Å². The molecular weight excluding hydrogens is 260 g/mol. The molecule has 1 unspecified atom stereocenters. The molecule has 0 saturated carbocycles. The maximum Gasteiger partial charge on any atom is 0.242 e. The van der Waals surface area contributed by atoms with E-state index in [1.165, 1.54) is 0 Å². The first kappa shape index (κ1) is 16.0. The Morgan fingerprint density at radius 1 is 1.47 bits per heavy atom. The van der Waals surface area contributed by atoms with Gasteiger partial charge in [0, 0.05) is 17.6 Å². The zero-order chi connectivity index (χ0) is 14.6. The lowest BCUT2D eigenvalue weighted by Crippen LogP contribution is -2.54. The third-order valence-electron chi connectivity index (χ3n) is 3.35. The molecule has 0 aromatic heterocycles. The van der Waals surface area contributed by atoms with Gasteiger partial charge in [-0.2, -0.15) is 0 Å². The van der Waals surface area contributed by atoms with Crippen molar-refractivity contribution >= 4 is 17.5 Å². The van der Waals surface area contributed by atoms with E-state index < -0.39 is 5.54 Å². The van der Waals surface area contributed by atoms with Crippen molar-refractivity contribution in [2.24, 2.45) is 5.73 Å². The molecule has 2 N–H and O–H groups in total. The van der Waals surface area contributed by atoms with E-state index in [-0.39, 0.29) is 11.9 Å². The molecule has 1 aromatic carbocycles. The van der Waals surface area contributed by atoms with Gasteiger partial charge in [0.25, 0.3) is 0 Å². The van der Waals surface area contributed by atoms with Crippen LogP contribution in [0, 0.1) is 0 Å². The van der Waals surface area contributed by atoms with Gasteiger partial charge in [-0.05, 0) is 44.9 Å². The largest absolute Gasteiger partial charge is 0.334 e. The summed E-state index contributed by atoms with van der Waals surface area (Å²) in [5.74, 6) is -0.0232. The molecule has 0 spiro atoms. The summed E-state index contributed by atoms with van der Waals surface area (Å²) in [5.41, 5.74) is 6.26. The Hall–Kier alpha value is -1.06. The maximum atomic E-state index is 12.5. The Balaban J connectivity index is 2.94. The van der Waals surface area contributed by atoms with Gasteiger partial charge in [0.2, 0.25) is 5.91 Å². The number of carbonyl (C=O) groups is 1. The van der Waals surface area contributed by atoms with Crippen LogP contribution in [0.1, 0.15) is 39.7 Å². The van der Waals surface area contributed by atoms with Crippen LogP contribution in [-0.2, 0) is 11.3 Å². The highest BCUT2D eigenvalue weighted by atomic mass is 35.5. The summed E-state index contributed by atoms with van der Waals surface area (Å²) in [6.45, 7) is 8.23. The lowest BCUT2D eigenvalue weighted by Gasteiger charge is -2.34. The highest BCUT2D eigenvalue weighted by molar-refractivity contribution is 6.30. The van der Waals surface area contributed by atoms with Gasteiger partial charge in [-0.25, -0.2) is 0 Å². The van der Waals surface area contributed by atoms with Crippen molar-refractivity contribution in [3.8, 4) is 0 Å². The van der Waals surface area contributed by atoms with Crippen LogP contribution >= 0.6 is 11.6 Å². The van der Waals surface area contributed by atoms with Crippen molar-refractivity contribution in [3.63, 3.8) is 0 Å². The van der Waals surface area contributed by atoms with Gasteiger partial charge in [-0.1, -0.05) is 30.7 Å². The molecule has 1 atom stereocenters.